The fourth-order valence-electron chi connectivity index (χ4n) is 2.14. The van der Waals surface area contributed by atoms with E-state index in [4.69, 9.17) is 4.42 Å². The molecule has 1 saturated carbocycles. The third-order valence-corrected chi connectivity index (χ3v) is 3.96. The van der Waals surface area contributed by atoms with E-state index in [1.54, 1.807) is 12.3 Å². The Morgan fingerprint density at radius 1 is 1.59 bits per heavy atom. The predicted molar refractivity (Wildman–Crippen MR) is 70.5 cm³/mol. The molecule has 94 valence electrons. The first-order valence-electron chi connectivity index (χ1n) is 6.15. The van der Waals surface area contributed by atoms with E-state index in [0.29, 0.717) is 11.6 Å². The molecular formula is C13H18BrNO2. The fraction of sp³-hybridized carbons (Fsp3) is 0.615. The van der Waals surface area contributed by atoms with Crippen LogP contribution in [0.4, 0.5) is 0 Å². The molecule has 2 rings (SSSR count). The van der Waals surface area contributed by atoms with Crippen molar-refractivity contribution >= 4 is 21.8 Å². The van der Waals surface area contributed by atoms with Crippen molar-refractivity contribution in [1.29, 1.82) is 0 Å². The molecule has 1 aliphatic rings. The Balaban J connectivity index is 2.09. The summed E-state index contributed by atoms with van der Waals surface area (Å²) in [6.45, 7) is 2.68. The van der Waals surface area contributed by atoms with E-state index in [0.717, 1.165) is 36.9 Å². The van der Waals surface area contributed by atoms with Gasteiger partial charge in [0.1, 0.15) is 5.76 Å². The Morgan fingerprint density at radius 3 is 2.82 bits per heavy atom. The van der Waals surface area contributed by atoms with Gasteiger partial charge in [-0.15, -0.1) is 0 Å². The zero-order chi connectivity index (χ0) is 12.3. The molecule has 1 heterocycles. The number of carbonyl (C=O) groups is 1. The number of halogens is 1. The zero-order valence-corrected chi connectivity index (χ0v) is 11.7. The molecule has 0 spiro atoms. The molecule has 0 aromatic carbocycles. The molecule has 4 heteroatoms. The Kier molecular flexibility index (Phi) is 4.26. The second-order valence-corrected chi connectivity index (χ2v) is 5.31. The first-order chi connectivity index (χ1) is 8.24. The van der Waals surface area contributed by atoms with Gasteiger partial charge in [-0.1, -0.05) is 15.9 Å². The SMILES string of the molecule is Cc1occc1C(=O)N(CCCBr)C1CCC1. The molecule has 1 aliphatic carbocycles. The molecule has 0 radical (unpaired) electrons. The number of amides is 1. The quantitative estimate of drug-likeness (QED) is 0.781. The van der Waals surface area contributed by atoms with Gasteiger partial charge in [-0.05, 0) is 38.7 Å². The fourth-order valence-corrected chi connectivity index (χ4v) is 2.39. The van der Waals surface area contributed by atoms with Crippen LogP contribution in [0.2, 0.25) is 0 Å². The lowest BCUT2D eigenvalue weighted by atomic mass is 9.91. The van der Waals surface area contributed by atoms with E-state index in [1.165, 1.54) is 6.42 Å². The normalized spacial score (nSPS) is 15.6. The average molecular weight is 300 g/mol. The van der Waals surface area contributed by atoms with E-state index in [1.807, 2.05) is 11.8 Å². The molecule has 0 bridgehead atoms. The first kappa shape index (κ1) is 12.7. The summed E-state index contributed by atoms with van der Waals surface area (Å²) in [5.41, 5.74) is 0.714. The summed E-state index contributed by atoms with van der Waals surface area (Å²) in [7, 11) is 0. The lowest BCUT2D eigenvalue weighted by Crippen LogP contribution is -2.44. The van der Waals surface area contributed by atoms with Crippen LogP contribution in [0, 0.1) is 6.92 Å². The highest BCUT2D eigenvalue weighted by atomic mass is 79.9. The van der Waals surface area contributed by atoms with Crippen molar-refractivity contribution < 1.29 is 9.21 Å². The number of aryl methyl sites for hydroxylation is 1. The van der Waals surface area contributed by atoms with E-state index in [9.17, 15) is 4.79 Å². The minimum atomic E-state index is 0.127. The molecule has 0 saturated heterocycles. The molecule has 3 nitrogen and oxygen atoms in total. The van der Waals surface area contributed by atoms with E-state index in [-0.39, 0.29) is 5.91 Å². The average Bonchev–Trinajstić information content (AvgIpc) is 2.67. The maximum Gasteiger partial charge on any atom is 0.257 e. The summed E-state index contributed by atoms with van der Waals surface area (Å²) in [5.74, 6) is 0.847. The van der Waals surface area contributed by atoms with Crippen molar-refractivity contribution in [2.24, 2.45) is 0 Å². The highest BCUT2D eigenvalue weighted by Crippen LogP contribution is 2.27. The highest BCUT2D eigenvalue weighted by molar-refractivity contribution is 9.09. The van der Waals surface area contributed by atoms with Crippen molar-refractivity contribution in [2.45, 2.75) is 38.6 Å². The molecule has 1 amide bonds. The molecule has 1 aromatic heterocycles. The monoisotopic (exact) mass is 299 g/mol. The smallest absolute Gasteiger partial charge is 0.257 e. The third-order valence-electron chi connectivity index (χ3n) is 3.40. The number of carbonyl (C=O) groups excluding carboxylic acids is 1. The van der Waals surface area contributed by atoms with Crippen LogP contribution in [0.25, 0.3) is 0 Å². The Morgan fingerprint density at radius 2 is 2.35 bits per heavy atom. The summed E-state index contributed by atoms with van der Waals surface area (Å²) in [5, 5.41) is 0.938. The number of hydrogen-bond donors (Lipinski definition) is 0. The summed E-state index contributed by atoms with van der Waals surface area (Å²) in [6, 6.07) is 2.22. The van der Waals surface area contributed by atoms with E-state index >= 15 is 0 Å². The predicted octanol–water partition coefficient (Wildman–Crippen LogP) is 3.37. The molecule has 0 aliphatic heterocycles. The first-order valence-corrected chi connectivity index (χ1v) is 7.27. The minimum absolute atomic E-state index is 0.127. The van der Waals surface area contributed by atoms with E-state index in [2.05, 4.69) is 15.9 Å². The molecule has 0 N–H and O–H groups in total. The second-order valence-electron chi connectivity index (χ2n) is 4.52. The summed E-state index contributed by atoms with van der Waals surface area (Å²) in [6.07, 6.45) is 6.12. The Hall–Kier alpha value is -0.770. The standard InChI is InChI=1S/C13H18BrNO2/c1-10-12(6-9-17-10)13(16)15(8-3-7-14)11-4-2-5-11/h6,9,11H,2-5,7-8H2,1H3. The van der Waals surface area contributed by atoms with Crippen molar-refractivity contribution in [3.8, 4) is 0 Å². The van der Waals surface area contributed by atoms with Crippen LogP contribution < -0.4 is 0 Å². The number of furan rings is 1. The van der Waals surface area contributed by atoms with Gasteiger partial charge >= 0.3 is 0 Å². The Labute approximate surface area is 110 Å². The van der Waals surface area contributed by atoms with Crippen LogP contribution in [0.5, 0.6) is 0 Å². The van der Waals surface area contributed by atoms with E-state index < -0.39 is 0 Å². The van der Waals surface area contributed by atoms with Crippen LogP contribution in [-0.2, 0) is 0 Å². The van der Waals surface area contributed by atoms with Gasteiger partial charge in [-0.25, -0.2) is 0 Å². The molecule has 0 atom stereocenters. The van der Waals surface area contributed by atoms with Gasteiger partial charge in [-0.3, -0.25) is 4.79 Å². The maximum atomic E-state index is 12.4. The van der Waals surface area contributed by atoms with Gasteiger partial charge in [0.25, 0.3) is 5.91 Å². The summed E-state index contributed by atoms with van der Waals surface area (Å²) in [4.78, 5) is 14.4. The highest BCUT2D eigenvalue weighted by Gasteiger charge is 2.30. The van der Waals surface area contributed by atoms with Gasteiger partial charge in [0, 0.05) is 17.9 Å². The third kappa shape index (κ3) is 2.73. The van der Waals surface area contributed by atoms with Gasteiger partial charge < -0.3 is 9.32 Å². The van der Waals surface area contributed by atoms with Crippen molar-refractivity contribution in [1.82, 2.24) is 4.90 Å². The summed E-state index contributed by atoms with van der Waals surface area (Å²) < 4.78 is 5.21. The lowest BCUT2D eigenvalue weighted by Gasteiger charge is -2.37. The largest absolute Gasteiger partial charge is 0.469 e. The van der Waals surface area contributed by atoms with Gasteiger partial charge in [-0.2, -0.15) is 0 Å². The molecule has 1 fully saturated rings. The van der Waals surface area contributed by atoms with Crippen molar-refractivity contribution in [2.75, 3.05) is 11.9 Å². The molecular weight excluding hydrogens is 282 g/mol. The van der Waals surface area contributed by atoms with Crippen LogP contribution >= 0.6 is 15.9 Å². The van der Waals surface area contributed by atoms with Crippen LogP contribution in [-0.4, -0.2) is 28.7 Å². The number of rotatable bonds is 5. The lowest BCUT2D eigenvalue weighted by molar-refractivity contribution is 0.0579. The topological polar surface area (TPSA) is 33.5 Å². The maximum absolute atomic E-state index is 12.4. The van der Waals surface area contributed by atoms with Crippen molar-refractivity contribution in [3.05, 3.63) is 23.7 Å². The van der Waals surface area contributed by atoms with Gasteiger partial charge in [0.05, 0.1) is 11.8 Å². The zero-order valence-electron chi connectivity index (χ0n) is 10.1. The molecule has 17 heavy (non-hydrogen) atoms. The van der Waals surface area contributed by atoms with Crippen LogP contribution in [0.15, 0.2) is 16.7 Å². The second kappa shape index (κ2) is 5.71. The van der Waals surface area contributed by atoms with Gasteiger partial charge in [0.2, 0.25) is 0 Å². The van der Waals surface area contributed by atoms with Crippen LogP contribution in [0.1, 0.15) is 41.8 Å². The minimum Gasteiger partial charge on any atom is -0.469 e. The molecule has 1 aromatic rings. The Bertz CT molecular complexity index is 385. The van der Waals surface area contributed by atoms with Crippen molar-refractivity contribution in [3.63, 3.8) is 0 Å². The number of hydrogen-bond acceptors (Lipinski definition) is 2. The molecule has 0 unspecified atom stereocenters. The summed E-state index contributed by atoms with van der Waals surface area (Å²) >= 11 is 3.42. The number of alkyl halides is 1. The van der Waals surface area contributed by atoms with Gasteiger partial charge in [0.15, 0.2) is 0 Å². The number of nitrogens with zero attached hydrogens (tertiary/aromatic N) is 1. The van der Waals surface area contributed by atoms with Crippen LogP contribution in [0.3, 0.4) is 0 Å².